The molecule has 0 aliphatic carbocycles. The number of benzene rings is 1. The first-order valence-corrected chi connectivity index (χ1v) is 6.58. The number of aryl methyl sites for hydroxylation is 2. The molecule has 106 valence electrons. The standard InChI is InChI=1S/C13H18BN3O3/c1-3-6-17-13(15-9-16-17)8-20-12-5-4-10(2)7-11(12)14(18)19/h4-5,7,9,18-19H,3,6,8H2,1-2H3. The Morgan fingerprint density at radius 2 is 2.15 bits per heavy atom. The van der Waals surface area contributed by atoms with E-state index in [1.54, 1.807) is 16.8 Å². The van der Waals surface area contributed by atoms with Gasteiger partial charge in [-0.1, -0.05) is 24.6 Å². The number of aromatic nitrogens is 3. The Bertz CT molecular complexity index is 572. The normalized spacial score (nSPS) is 10.6. The number of hydrogen-bond acceptors (Lipinski definition) is 5. The Morgan fingerprint density at radius 1 is 1.35 bits per heavy atom. The van der Waals surface area contributed by atoms with Crippen LogP contribution in [0.5, 0.6) is 5.75 Å². The van der Waals surface area contributed by atoms with Crippen molar-refractivity contribution in [3.8, 4) is 5.75 Å². The molecular formula is C13H18BN3O3. The maximum atomic E-state index is 9.37. The monoisotopic (exact) mass is 275 g/mol. The highest BCUT2D eigenvalue weighted by Gasteiger charge is 2.18. The molecule has 0 amide bonds. The minimum Gasteiger partial charge on any atom is -0.486 e. The predicted octanol–water partition coefficient (Wildman–Crippen LogP) is 0.255. The third kappa shape index (κ3) is 3.37. The third-order valence-corrected chi connectivity index (χ3v) is 2.93. The van der Waals surface area contributed by atoms with E-state index in [9.17, 15) is 10.0 Å². The average Bonchev–Trinajstić information content (AvgIpc) is 2.85. The quantitative estimate of drug-likeness (QED) is 0.739. The summed E-state index contributed by atoms with van der Waals surface area (Å²) in [6, 6.07) is 5.28. The van der Waals surface area contributed by atoms with Crippen LogP contribution in [-0.4, -0.2) is 31.9 Å². The highest BCUT2D eigenvalue weighted by atomic mass is 16.5. The Labute approximate surface area is 118 Å². The van der Waals surface area contributed by atoms with Crippen molar-refractivity contribution in [1.82, 2.24) is 14.8 Å². The van der Waals surface area contributed by atoms with Gasteiger partial charge >= 0.3 is 7.12 Å². The average molecular weight is 275 g/mol. The molecule has 2 rings (SSSR count). The zero-order valence-corrected chi connectivity index (χ0v) is 11.7. The van der Waals surface area contributed by atoms with Crippen LogP contribution in [0, 0.1) is 6.92 Å². The van der Waals surface area contributed by atoms with Crippen LogP contribution in [-0.2, 0) is 13.2 Å². The molecule has 0 atom stereocenters. The molecule has 0 saturated heterocycles. The molecule has 20 heavy (non-hydrogen) atoms. The van der Waals surface area contributed by atoms with Gasteiger partial charge in [-0.05, 0) is 19.4 Å². The van der Waals surface area contributed by atoms with Gasteiger partial charge in [-0.15, -0.1) is 0 Å². The molecule has 1 aromatic carbocycles. The lowest BCUT2D eigenvalue weighted by atomic mass is 9.79. The second-order valence-corrected chi connectivity index (χ2v) is 4.60. The van der Waals surface area contributed by atoms with Gasteiger partial charge in [0, 0.05) is 12.0 Å². The van der Waals surface area contributed by atoms with Crippen LogP contribution in [0.4, 0.5) is 0 Å². The molecule has 0 bridgehead atoms. The summed E-state index contributed by atoms with van der Waals surface area (Å²) in [7, 11) is -1.56. The lowest BCUT2D eigenvalue weighted by Crippen LogP contribution is -2.31. The van der Waals surface area contributed by atoms with Gasteiger partial charge in [0.1, 0.15) is 18.7 Å². The summed E-state index contributed by atoms with van der Waals surface area (Å²) in [6.07, 6.45) is 2.45. The second kappa shape index (κ2) is 6.54. The van der Waals surface area contributed by atoms with E-state index in [1.165, 1.54) is 6.33 Å². The number of nitrogens with zero attached hydrogens (tertiary/aromatic N) is 3. The molecule has 0 spiro atoms. The first-order chi connectivity index (χ1) is 9.61. The van der Waals surface area contributed by atoms with Crippen molar-refractivity contribution in [2.45, 2.75) is 33.4 Å². The van der Waals surface area contributed by atoms with E-state index in [-0.39, 0.29) is 6.61 Å². The van der Waals surface area contributed by atoms with E-state index in [2.05, 4.69) is 17.0 Å². The summed E-state index contributed by atoms with van der Waals surface area (Å²) >= 11 is 0. The smallest absolute Gasteiger partial charge is 0.486 e. The van der Waals surface area contributed by atoms with Crippen molar-refractivity contribution < 1.29 is 14.8 Å². The minimum absolute atomic E-state index is 0.239. The van der Waals surface area contributed by atoms with E-state index in [0.717, 1.165) is 18.5 Å². The second-order valence-electron chi connectivity index (χ2n) is 4.60. The summed E-state index contributed by atoms with van der Waals surface area (Å²) < 4.78 is 7.42. The van der Waals surface area contributed by atoms with Gasteiger partial charge in [0.15, 0.2) is 5.82 Å². The molecule has 0 aliphatic rings. The highest BCUT2D eigenvalue weighted by molar-refractivity contribution is 6.59. The first-order valence-electron chi connectivity index (χ1n) is 6.58. The van der Waals surface area contributed by atoms with Crippen molar-refractivity contribution in [3.05, 3.63) is 35.9 Å². The maximum Gasteiger partial charge on any atom is 0.492 e. The topological polar surface area (TPSA) is 80.4 Å². The molecule has 6 nitrogen and oxygen atoms in total. The predicted molar refractivity (Wildman–Crippen MR) is 75.6 cm³/mol. The molecule has 2 N–H and O–H groups in total. The largest absolute Gasteiger partial charge is 0.492 e. The number of rotatable bonds is 6. The molecule has 0 aliphatic heterocycles. The van der Waals surface area contributed by atoms with Crippen LogP contribution >= 0.6 is 0 Å². The molecular weight excluding hydrogens is 257 g/mol. The Hall–Kier alpha value is -1.86. The summed E-state index contributed by atoms with van der Waals surface area (Å²) in [5.41, 5.74) is 1.29. The summed E-state index contributed by atoms with van der Waals surface area (Å²) in [4.78, 5) is 4.14. The van der Waals surface area contributed by atoms with Gasteiger partial charge in [-0.2, -0.15) is 5.10 Å². The van der Waals surface area contributed by atoms with Gasteiger partial charge in [-0.3, -0.25) is 0 Å². The van der Waals surface area contributed by atoms with Crippen LogP contribution in [0.2, 0.25) is 0 Å². The molecule has 0 saturated carbocycles. The zero-order valence-electron chi connectivity index (χ0n) is 11.7. The minimum atomic E-state index is -1.56. The van der Waals surface area contributed by atoms with E-state index in [4.69, 9.17) is 4.74 Å². The van der Waals surface area contributed by atoms with Crippen molar-refractivity contribution in [3.63, 3.8) is 0 Å². The summed E-state index contributed by atoms with van der Waals surface area (Å²) in [5, 5.41) is 22.9. The van der Waals surface area contributed by atoms with Crippen LogP contribution in [0.25, 0.3) is 0 Å². The molecule has 2 aromatic rings. The fraction of sp³-hybridized carbons (Fsp3) is 0.385. The van der Waals surface area contributed by atoms with Crippen molar-refractivity contribution in [1.29, 1.82) is 0 Å². The van der Waals surface area contributed by atoms with Gasteiger partial charge in [-0.25, -0.2) is 9.67 Å². The van der Waals surface area contributed by atoms with E-state index in [1.807, 2.05) is 13.0 Å². The van der Waals surface area contributed by atoms with Gasteiger partial charge < -0.3 is 14.8 Å². The third-order valence-electron chi connectivity index (χ3n) is 2.93. The van der Waals surface area contributed by atoms with Crippen molar-refractivity contribution >= 4 is 12.6 Å². The highest BCUT2D eigenvalue weighted by Crippen LogP contribution is 2.12. The first kappa shape index (κ1) is 14.6. The molecule has 1 heterocycles. The molecule has 0 fully saturated rings. The Balaban J connectivity index is 2.12. The summed E-state index contributed by atoms with van der Waals surface area (Å²) in [6.45, 7) is 4.96. The zero-order chi connectivity index (χ0) is 14.5. The van der Waals surface area contributed by atoms with Gasteiger partial charge in [0.2, 0.25) is 0 Å². The van der Waals surface area contributed by atoms with Gasteiger partial charge in [0.05, 0.1) is 0 Å². The van der Waals surface area contributed by atoms with Crippen LogP contribution in [0.3, 0.4) is 0 Å². The lowest BCUT2D eigenvalue weighted by molar-refractivity contribution is 0.287. The molecule has 1 aromatic heterocycles. The van der Waals surface area contributed by atoms with Crippen molar-refractivity contribution in [2.75, 3.05) is 0 Å². The van der Waals surface area contributed by atoms with E-state index >= 15 is 0 Å². The fourth-order valence-corrected chi connectivity index (χ4v) is 1.94. The number of ether oxygens (including phenoxy) is 1. The molecule has 0 unspecified atom stereocenters. The van der Waals surface area contributed by atoms with E-state index in [0.29, 0.717) is 17.0 Å². The lowest BCUT2D eigenvalue weighted by Gasteiger charge is -2.12. The van der Waals surface area contributed by atoms with Crippen molar-refractivity contribution in [2.24, 2.45) is 0 Å². The number of hydrogen-bond donors (Lipinski definition) is 2. The van der Waals surface area contributed by atoms with Crippen LogP contribution < -0.4 is 10.2 Å². The Morgan fingerprint density at radius 3 is 2.85 bits per heavy atom. The van der Waals surface area contributed by atoms with Crippen LogP contribution in [0.1, 0.15) is 24.7 Å². The van der Waals surface area contributed by atoms with Gasteiger partial charge in [0.25, 0.3) is 0 Å². The SMILES string of the molecule is CCCn1ncnc1COc1ccc(C)cc1B(O)O. The Kier molecular flexibility index (Phi) is 4.76. The maximum absolute atomic E-state index is 9.37. The van der Waals surface area contributed by atoms with Crippen LogP contribution in [0.15, 0.2) is 24.5 Å². The summed E-state index contributed by atoms with van der Waals surface area (Å²) in [5.74, 6) is 1.16. The molecule has 0 radical (unpaired) electrons. The fourth-order valence-electron chi connectivity index (χ4n) is 1.94. The molecule has 7 heteroatoms. The van der Waals surface area contributed by atoms with E-state index < -0.39 is 7.12 Å².